The number of carbonyl (C=O) groups excluding carboxylic acids is 7. The van der Waals surface area contributed by atoms with E-state index in [0.717, 1.165) is 28.7 Å². The highest BCUT2D eigenvalue weighted by atomic mass is 16.6. The van der Waals surface area contributed by atoms with E-state index in [0.29, 0.717) is 197 Å². The zero-order valence-corrected chi connectivity index (χ0v) is 77.5. The number of nitrogens with one attached hydrogen (secondary N) is 2. The molecule has 1 saturated carbocycles. The Bertz CT molecular complexity index is 4620. The first-order chi connectivity index (χ1) is 63.1. The Labute approximate surface area is 766 Å². The van der Waals surface area contributed by atoms with E-state index in [1.165, 1.54) is 16.8 Å². The molecular weight excluding hydrogens is 1700 g/mol. The predicted octanol–water partition coefficient (Wildman–Crippen LogP) is 7.83. The van der Waals surface area contributed by atoms with E-state index in [4.69, 9.17) is 82.6 Å². The van der Waals surface area contributed by atoms with E-state index in [-0.39, 0.29) is 107 Å². The number of aliphatic hydroxyl groups is 4. The van der Waals surface area contributed by atoms with Gasteiger partial charge in [0, 0.05) is 89.5 Å². The molecule has 36 nitrogen and oxygen atoms in total. The summed E-state index contributed by atoms with van der Waals surface area (Å²) in [5.41, 5.74) is 19.8. The van der Waals surface area contributed by atoms with Crippen LogP contribution >= 0.6 is 0 Å². The average Bonchev–Trinajstić information content (AvgIpc) is 1.33. The number of amides is 4. The number of esters is 1. The number of hydrogen-bond donors (Lipinski definition) is 8. The fraction of sp³-hybridized carbons (Fsp3) is 0.653. The number of methoxy groups -OCH3 is 2. The highest BCUT2D eigenvalue weighted by Gasteiger charge is 2.53. The minimum Gasteiger partial charge on any atom is -0.460 e. The van der Waals surface area contributed by atoms with Crippen molar-refractivity contribution in [1.29, 1.82) is 0 Å². The van der Waals surface area contributed by atoms with Gasteiger partial charge in [-0.05, 0) is 148 Å². The van der Waals surface area contributed by atoms with Crippen LogP contribution in [-0.2, 0) is 110 Å². The van der Waals surface area contributed by atoms with Gasteiger partial charge in [0.15, 0.2) is 17.0 Å². The van der Waals surface area contributed by atoms with Gasteiger partial charge in [0.1, 0.15) is 53.8 Å². The number of benzene rings is 2. The van der Waals surface area contributed by atoms with E-state index in [9.17, 15) is 54.0 Å². The molecule has 5 aromatic rings. The van der Waals surface area contributed by atoms with Crippen LogP contribution in [0.15, 0.2) is 94.7 Å². The molecule has 3 aromatic heterocycles. The number of nitrogens with zero attached hydrogens (tertiary/aromatic N) is 7. The number of ether oxygens (including phenoxy) is 13. The van der Waals surface area contributed by atoms with Crippen molar-refractivity contribution < 1.29 is 120 Å². The van der Waals surface area contributed by atoms with Gasteiger partial charge in [-0.1, -0.05) is 89.3 Å². The Morgan fingerprint density at radius 2 is 1.35 bits per heavy atom. The van der Waals surface area contributed by atoms with Gasteiger partial charge in [0.25, 0.3) is 17.7 Å². The molecule has 36 heteroatoms. The molecule has 2 bridgehead atoms. The molecule has 2 saturated heterocycles. The Balaban J connectivity index is 0.533. The number of allylic oxidation sites excluding steroid dienone is 5. The maximum atomic E-state index is 14.7. The average molecular weight is 1840 g/mol. The van der Waals surface area contributed by atoms with Crippen molar-refractivity contribution in [3.8, 4) is 11.3 Å². The smallest absolute Gasteiger partial charge is 0.407 e. The molecule has 7 heterocycles. The van der Waals surface area contributed by atoms with Gasteiger partial charge in [-0.25, -0.2) is 24.2 Å². The number of aromatic nitrogens is 5. The lowest BCUT2D eigenvalue weighted by Gasteiger charge is -2.43. The van der Waals surface area contributed by atoms with E-state index < -0.39 is 114 Å². The molecule has 2 aromatic carbocycles. The molecule has 3 fully saturated rings. The fourth-order valence-electron chi connectivity index (χ4n) is 17.4. The second-order valence-electron chi connectivity index (χ2n) is 35.0. The number of ketones is 2. The second-order valence-corrected chi connectivity index (χ2v) is 35.0. The van der Waals surface area contributed by atoms with Crippen molar-refractivity contribution in [2.45, 2.75) is 219 Å². The fourth-order valence-corrected chi connectivity index (χ4v) is 17.4. The molecule has 0 radical (unpaired) electrons. The largest absolute Gasteiger partial charge is 0.460 e. The Kier molecular flexibility index (Phi) is 42.2. The lowest BCUT2D eigenvalue weighted by Crippen LogP contribution is -2.61. The van der Waals surface area contributed by atoms with E-state index in [1.54, 1.807) is 54.1 Å². The molecule has 4 aliphatic heterocycles. The number of anilines is 2. The zero-order valence-electron chi connectivity index (χ0n) is 77.5. The standard InChI is InChI=1S/C95H139N11O25/c1-60-15-11-10-12-16-61(2)78(118-8)55-72-23-18-66(7)95(117,131-72)88(113)91(114)105-31-14-13-17-74(105)92(115)128-79(56-75(107)62(3)50-65(6)86(111)87(112)85(110)64(5)49-60)63(4)51-67-20-24-77(80(53-67)119-9)130-94(116)99-30-36-123-40-44-127-47-45-124-41-37-120-33-27-81(108)98-29-35-122-39-43-126-48-46-125-42-38-121-34-28-82(109)104-32-26-69-52-68(19-21-71(69)58-104)57-106-90-83(89(96)100-59-101-90)84(103-106)70-22-25-76-73(54-70)102-93(97)129-76/h10-12,15-16,19,21-22,25,50,52,54,59-60,62-64,66-67,72,74-75,77-80,86-87,107,111-112,117H,13-14,17-18,20,23-24,26-49,51,53,55-58H2,1-9H3,(H2,97,102)(H,98,108)(H,99,116)(H2,96,100,101)/b12-10+,15-11+,61-16+,65-50+/t60-,62-,63-,64-,66-,67+,72+,74+,75-,77-,78+,79+,80-,86-,87+,95-/m1/s1. The Hall–Kier alpha value is -9.09. The number of carbonyl (C=O) groups is 7. The zero-order chi connectivity index (χ0) is 93.9. The van der Waals surface area contributed by atoms with E-state index in [1.807, 2.05) is 78.9 Å². The molecule has 4 amide bonds. The van der Waals surface area contributed by atoms with Crippen LogP contribution in [0, 0.1) is 35.5 Å². The van der Waals surface area contributed by atoms with Gasteiger partial charge in [0.05, 0.1) is 148 Å². The van der Waals surface area contributed by atoms with Gasteiger partial charge in [-0.15, -0.1) is 0 Å². The number of alkyl carbamates (subject to hydrolysis) is 1. The highest BCUT2D eigenvalue weighted by Crippen LogP contribution is 2.40. The number of piperidine rings is 1. The Morgan fingerprint density at radius 3 is 2.04 bits per heavy atom. The summed E-state index contributed by atoms with van der Waals surface area (Å²) in [6.45, 7) is 19.6. The van der Waals surface area contributed by atoms with Crippen molar-refractivity contribution >= 4 is 75.3 Å². The van der Waals surface area contributed by atoms with Crippen LogP contribution < -0.4 is 22.1 Å². The second kappa shape index (κ2) is 53.1. The molecule has 724 valence electrons. The molecule has 1 aliphatic carbocycles. The number of Topliss-reactive ketones (excluding diaryl/α,β-unsaturated/α-hetero) is 2. The SMILES string of the molecule is CO[C@H]1C[C@@H]2CC[C@@H](C)[C@@](O)(O2)C(=O)C(=O)N2CCCC[C@H]2C(=O)O[C@H]([C@H](C)C[C@@H]2CC[C@@H](OC(=O)NCCOCCOCCOCCOCCC(=O)NCCOCCOCCOCCOCCC(=O)N3CCc4cc(Cn5nc(-c6ccc7oc(N)nc7c6)c6c(N)ncnc65)ccc4C3)[C@H](OC)C2)C[C@@H](O)[C@H](C)/C=C(\C)[C@@H](O)[C@@H](O)C(=O)[C@H](C)C[C@H](C)/C=C/C=C/C=C/1C. The van der Waals surface area contributed by atoms with Crippen molar-refractivity contribution in [2.75, 3.05) is 158 Å². The van der Waals surface area contributed by atoms with Gasteiger partial charge in [0.2, 0.25) is 17.6 Å². The van der Waals surface area contributed by atoms with Crippen LogP contribution in [0.4, 0.5) is 16.6 Å². The van der Waals surface area contributed by atoms with E-state index >= 15 is 0 Å². The van der Waals surface area contributed by atoms with Crippen molar-refractivity contribution in [3.05, 3.63) is 107 Å². The lowest BCUT2D eigenvalue weighted by molar-refractivity contribution is -0.265. The number of cyclic esters (lactones) is 1. The number of rotatable bonds is 39. The first-order valence-electron chi connectivity index (χ1n) is 46.3. The monoisotopic (exact) mass is 1830 g/mol. The summed E-state index contributed by atoms with van der Waals surface area (Å²) in [6, 6.07) is 10.7. The van der Waals surface area contributed by atoms with Crippen LogP contribution in [0.5, 0.6) is 0 Å². The first kappa shape index (κ1) is 104. The van der Waals surface area contributed by atoms with Crippen LogP contribution in [0.1, 0.15) is 155 Å². The third-order valence-corrected chi connectivity index (χ3v) is 25.1. The molecule has 0 unspecified atom stereocenters. The normalized spacial score (nSPS) is 27.0. The summed E-state index contributed by atoms with van der Waals surface area (Å²) in [5, 5.41) is 57.8. The molecule has 131 heavy (non-hydrogen) atoms. The summed E-state index contributed by atoms with van der Waals surface area (Å²) < 4.78 is 82.5. The maximum Gasteiger partial charge on any atom is 0.407 e. The topological polar surface area (TPSA) is 473 Å². The van der Waals surface area contributed by atoms with Crippen LogP contribution in [0.3, 0.4) is 0 Å². The van der Waals surface area contributed by atoms with Crippen molar-refractivity contribution in [3.63, 3.8) is 0 Å². The highest BCUT2D eigenvalue weighted by molar-refractivity contribution is 6.39. The van der Waals surface area contributed by atoms with Gasteiger partial charge in [-0.3, -0.25) is 24.0 Å². The quantitative estimate of drug-likeness (QED) is 0.00803. The number of hydrogen-bond acceptors (Lipinski definition) is 31. The summed E-state index contributed by atoms with van der Waals surface area (Å²) in [5.74, 6) is -8.36. The molecular formula is C95H139N11O25. The molecule has 5 aliphatic rings. The third-order valence-electron chi connectivity index (χ3n) is 25.1. The molecule has 16 atom stereocenters. The summed E-state index contributed by atoms with van der Waals surface area (Å²) in [7, 11) is 3.11. The summed E-state index contributed by atoms with van der Waals surface area (Å²) in [4.78, 5) is 112. The number of nitrogen functional groups attached to an aromatic ring is 2. The van der Waals surface area contributed by atoms with Crippen LogP contribution in [-0.4, -0.2) is 303 Å². The maximum absolute atomic E-state index is 14.7. The number of fused-ring (bicyclic) bond motifs is 6. The predicted molar refractivity (Wildman–Crippen MR) is 484 cm³/mol. The molecule has 10 N–H and O–H groups in total. The summed E-state index contributed by atoms with van der Waals surface area (Å²) in [6.07, 6.45) is 10.0. The van der Waals surface area contributed by atoms with Crippen molar-refractivity contribution in [2.24, 2.45) is 35.5 Å². The van der Waals surface area contributed by atoms with Crippen molar-refractivity contribution in [1.82, 2.24) is 45.2 Å². The molecule has 10 rings (SSSR count). The van der Waals surface area contributed by atoms with E-state index in [2.05, 4.69) is 37.7 Å². The number of oxazole rings is 1. The summed E-state index contributed by atoms with van der Waals surface area (Å²) >= 11 is 0. The first-order valence-corrected chi connectivity index (χ1v) is 46.3. The van der Waals surface area contributed by atoms with Crippen LogP contribution in [0.25, 0.3) is 33.4 Å². The van der Waals surface area contributed by atoms with Crippen LogP contribution in [0.2, 0.25) is 0 Å². The minimum atomic E-state index is -2.48. The Morgan fingerprint density at radius 1 is 0.679 bits per heavy atom. The number of aliphatic hydroxyl groups excluding tert-OH is 3. The molecule has 0 spiro atoms. The minimum absolute atomic E-state index is 0.0162. The number of nitrogens with two attached hydrogens (primary N) is 2. The lowest BCUT2D eigenvalue weighted by atomic mass is 9.78. The van der Waals surface area contributed by atoms with Gasteiger partial charge < -0.3 is 118 Å². The van der Waals surface area contributed by atoms with Gasteiger partial charge in [-0.2, -0.15) is 10.1 Å². The van der Waals surface area contributed by atoms with Gasteiger partial charge >= 0.3 is 12.1 Å². The third kappa shape index (κ3) is 31.2.